The molecule has 0 saturated carbocycles. The van der Waals surface area contributed by atoms with Crippen LogP contribution in [0, 0.1) is 10.1 Å². The minimum atomic E-state index is -0.712. The van der Waals surface area contributed by atoms with Gasteiger partial charge in [0.1, 0.15) is 6.23 Å². The molecule has 1 aromatic heterocycles. The Labute approximate surface area is 101 Å². The van der Waals surface area contributed by atoms with Gasteiger partial charge in [0.2, 0.25) is 5.82 Å². The first-order chi connectivity index (χ1) is 8.52. The highest BCUT2D eigenvalue weighted by Gasteiger charge is 2.28. The molecule has 1 aliphatic heterocycles. The summed E-state index contributed by atoms with van der Waals surface area (Å²) in [5, 5.41) is 19.6. The summed E-state index contributed by atoms with van der Waals surface area (Å²) < 4.78 is 6.39. The van der Waals surface area contributed by atoms with Crippen molar-refractivity contribution in [3.63, 3.8) is 0 Å². The molecule has 3 N–H and O–H groups in total. The van der Waals surface area contributed by atoms with E-state index in [0.717, 1.165) is 10.8 Å². The van der Waals surface area contributed by atoms with E-state index in [0.29, 0.717) is 12.8 Å². The molecule has 1 aromatic rings. The van der Waals surface area contributed by atoms with Gasteiger partial charge in [-0.25, -0.2) is 4.79 Å². The highest BCUT2D eigenvalue weighted by Crippen LogP contribution is 2.28. The second kappa shape index (κ2) is 4.70. The number of anilines is 1. The molecule has 0 amide bonds. The van der Waals surface area contributed by atoms with Gasteiger partial charge in [-0.2, -0.15) is 4.98 Å². The van der Waals surface area contributed by atoms with Crippen molar-refractivity contribution in [2.24, 2.45) is 0 Å². The molecule has 1 saturated heterocycles. The Morgan fingerprint density at radius 2 is 2.39 bits per heavy atom. The van der Waals surface area contributed by atoms with Crippen LogP contribution < -0.4 is 11.4 Å². The van der Waals surface area contributed by atoms with Crippen LogP contribution in [-0.2, 0) is 4.74 Å². The lowest BCUT2D eigenvalue weighted by molar-refractivity contribution is -0.384. The molecule has 2 rings (SSSR count). The minimum absolute atomic E-state index is 0.157. The predicted octanol–water partition coefficient (Wildman–Crippen LogP) is -0.596. The summed E-state index contributed by atoms with van der Waals surface area (Å²) in [6.45, 7) is -0.157. The zero-order chi connectivity index (χ0) is 13.3. The van der Waals surface area contributed by atoms with Crippen molar-refractivity contribution in [2.45, 2.75) is 25.2 Å². The number of hydrogen-bond acceptors (Lipinski definition) is 7. The maximum absolute atomic E-state index is 11.6. The summed E-state index contributed by atoms with van der Waals surface area (Å²) in [5.41, 5.74) is 4.15. The molecule has 0 bridgehead atoms. The number of aromatic nitrogens is 2. The topological polar surface area (TPSA) is 134 Å². The van der Waals surface area contributed by atoms with Crippen molar-refractivity contribution in [3.05, 3.63) is 26.8 Å². The van der Waals surface area contributed by atoms with Gasteiger partial charge in [-0.1, -0.05) is 0 Å². The molecular formula is C9H12N4O5. The van der Waals surface area contributed by atoms with E-state index in [4.69, 9.17) is 15.6 Å². The van der Waals surface area contributed by atoms with E-state index in [1.807, 2.05) is 0 Å². The van der Waals surface area contributed by atoms with Gasteiger partial charge in [-0.05, 0) is 12.8 Å². The van der Waals surface area contributed by atoms with Gasteiger partial charge in [-0.3, -0.25) is 14.7 Å². The number of rotatable bonds is 3. The Morgan fingerprint density at radius 1 is 1.67 bits per heavy atom. The third-order valence-electron chi connectivity index (χ3n) is 2.76. The highest BCUT2D eigenvalue weighted by atomic mass is 16.6. The molecule has 9 nitrogen and oxygen atoms in total. The Balaban J connectivity index is 2.36. The lowest BCUT2D eigenvalue weighted by Crippen LogP contribution is -2.28. The number of nitro groups is 1. The first kappa shape index (κ1) is 12.5. The standard InChI is InChI=1S/C9H12N4O5/c10-8-6(13(16)17)3-12(9(15)11-8)7-2-1-5(4-14)18-7/h3,5,7,14H,1-2,4H2,(H2,10,11,15)/t5-,7+/m0/s1. The van der Waals surface area contributed by atoms with Gasteiger partial charge in [0.15, 0.2) is 0 Å². The second-order valence-corrected chi connectivity index (χ2v) is 3.93. The Bertz CT molecular complexity index is 528. The minimum Gasteiger partial charge on any atom is -0.394 e. The summed E-state index contributed by atoms with van der Waals surface area (Å²) in [7, 11) is 0. The molecule has 0 unspecified atom stereocenters. The monoisotopic (exact) mass is 256 g/mol. The molecule has 0 aliphatic carbocycles. The van der Waals surface area contributed by atoms with Gasteiger partial charge < -0.3 is 15.6 Å². The average molecular weight is 256 g/mol. The Morgan fingerprint density at radius 3 is 2.94 bits per heavy atom. The second-order valence-electron chi connectivity index (χ2n) is 3.93. The average Bonchev–Trinajstić information content (AvgIpc) is 2.77. The molecule has 0 radical (unpaired) electrons. The summed E-state index contributed by atoms with van der Waals surface area (Å²) in [4.78, 5) is 25.0. The molecule has 2 heterocycles. The fraction of sp³-hybridized carbons (Fsp3) is 0.556. The maximum atomic E-state index is 11.6. The van der Waals surface area contributed by atoms with E-state index in [-0.39, 0.29) is 12.7 Å². The van der Waals surface area contributed by atoms with Crippen molar-refractivity contribution in [3.8, 4) is 0 Å². The molecule has 18 heavy (non-hydrogen) atoms. The van der Waals surface area contributed by atoms with Gasteiger partial charge in [-0.15, -0.1) is 0 Å². The Hall–Kier alpha value is -2.00. The van der Waals surface area contributed by atoms with Crippen LogP contribution in [0.2, 0.25) is 0 Å². The number of nitrogen functional groups attached to an aromatic ring is 1. The van der Waals surface area contributed by atoms with Crippen molar-refractivity contribution in [1.29, 1.82) is 0 Å². The van der Waals surface area contributed by atoms with Crippen LogP contribution in [-0.4, -0.2) is 32.3 Å². The summed E-state index contributed by atoms with van der Waals surface area (Å²) in [6.07, 6.45) is 1.06. The van der Waals surface area contributed by atoms with Crippen LogP contribution in [0.3, 0.4) is 0 Å². The largest absolute Gasteiger partial charge is 0.394 e. The number of ether oxygens (including phenoxy) is 1. The van der Waals surface area contributed by atoms with E-state index >= 15 is 0 Å². The lowest BCUT2D eigenvalue weighted by Gasteiger charge is -2.14. The van der Waals surface area contributed by atoms with E-state index in [1.165, 1.54) is 0 Å². The van der Waals surface area contributed by atoms with Crippen molar-refractivity contribution < 1.29 is 14.8 Å². The van der Waals surface area contributed by atoms with Crippen LogP contribution in [0.25, 0.3) is 0 Å². The maximum Gasteiger partial charge on any atom is 0.352 e. The van der Waals surface area contributed by atoms with Crippen LogP contribution in [0.5, 0.6) is 0 Å². The van der Waals surface area contributed by atoms with Crippen LogP contribution in [0.15, 0.2) is 11.0 Å². The molecule has 2 atom stereocenters. The fourth-order valence-corrected chi connectivity index (χ4v) is 1.84. The van der Waals surface area contributed by atoms with Crippen molar-refractivity contribution in [1.82, 2.24) is 9.55 Å². The molecular weight excluding hydrogens is 244 g/mol. The van der Waals surface area contributed by atoms with E-state index < -0.39 is 28.3 Å². The van der Waals surface area contributed by atoms with Gasteiger partial charge in [0, 0.05) is 0 Å². The van der Waals surface area contributed by atoms with Crippen LogP contribution in [0.1, 0.15) is 19.1 Å². The first-order valence-corrected chi connectivity index (χ1v) is 5.32. The van der Waals surface area contributed by atoms with Crippen LogP contribution in [0.4, 0.5) is 11.5 Å². The highest BCUT2D eigenvalue weighted by molar-refractivity contribution is 5.49. The number of aliphatic hydroxyl groups excluding tert-OH is 1. The summed E-state index contributed by atoms with van der Waals surface area (Å²) >= 11 is 0. The van der Waals surface area contributed by atoms with Crippen LogP contribution >= 0.6 is 0 Å². The first-order valence-electron chi connectivity index (χ1n) is 5.32. The van der Waals surface area contributed by atoms with Gasteiger partial charge in [0.05, 0.1) is 23.8 Å². The third-order valence-corrected chi connectivity index (χ3v) is 2.76. The SMILES string of the molecule is Nc1nc(=O)n([C@H]2CC[C@@H](CO)O2)cc1[N+](=O)[O-]. The number of aliphatic hydroxyl groups is 1. The zero-order valence-corrected chi connectivity index (χ0v) is 9.35. The van der Waals surface area contributed by atoms with Crippen molar-refractivity contribution in [2.75, 3.05) is 12.3 Å². The van der Waals surface area contributed by atoms with Gasteiger partial charge in [0.25, 0.3) is 0 Å². The molecule has 1 aliphatic rings. The smallest absolute Gasteiger partial charge is 0.352 e. The van der Waals surface area contributed by atoms with E-state index in [9.17, 15) is 14.9 Å². The normalized spacial score (nSPS) is 23.2. The fourth-order valence-electron chi connectivity index (χ4n) is 1.84. The molecule has 9 heteroatoms. The Kier molecular flexibility index (Phi) is 3.26. The lowest BCUT2D eigenvalue weighted by atomic mass is 10.2. The summed E-state index contributed by atoms with van der Waals surface area (Å²) in [6, 6.07) is 0. The van der Waals surface area contributed by atoms with E-state index in [1.54, 1.807) is 0 Å². The molecule has 98 valence electrons. The molecule has 1 fully saturated rings. The number of hydrogen-bond donors (Lipinski definition) is 2. The molecule has 0 spiro atoms. The molecule has 0 aromatic carbocycles. The predicted molar refractivity (Wildman–Crippen MR) is 59.8 cm³/mol. The zero-order valence-electron chi connectivity index (χ0n) is 9.35. The quantitative estimate of drug-likeness (QED) is 0.544. The van der Waals surface area contributed by atoms with Gasteiger partial charge >= 0.3 is 11.4 Å². The number of nitrogens with zero attached hydrogens (tertiary/aromatic N) is 3. The number of nitrogens with two attached hydrogens (primary N) is 1. The summed E-state index contributed by atoms with van der Waals surface area (Å²) in [5.74, 6) is -0.419. The van der Waals surface area contributed by atoms with Crippen molar-refractivity contribution >= 4 is 11.5 Å². The third kappa shape index (κ3) is 2.17. The van der Waals surface area contributed by atoms with E-state index in [2.05, 4.69) is 4.98 Å².